The molecule has 1 fully saturated rings. The molecule has 4 nitrogen and oxygen atoms in total. The first kappa shape index (κ1) is 17.1. The van der Waals surface area contributed by atoms with Crippen LogP contribution in [0, 0.1) is 12.8 Å². The summed E-state index contributed by atoms with van der Waals surface area (Å²) in [5, 5.41) is 9.98. The summed E-state index contributed by atoms with van der Waals surface area (Å²) in [6.07, 6.45) is 1.33. The third kappa shape index (κ3) is 3.93. The lowest BCUT2D eigenvalue weighted by atomic mass is 9.93. The molecule has 3 atom stereocenters. The summed E-state index contributed by atoms with van der Waals surface area (Å²) in [6, 6.07) is 5.55. The summed E-state index contributed by atoms with van der Waals surface area (Å²) in [5.74, 6) is 0.818. The molecule has 1 amide bonds. The molecule has 0 spiro atoms. The highest BCUT2D eigenvalue weighted by molar-refractivity contribution is 6.30. The van der Waals surface area contributed by atoms with Gasteiger partial charge in [-0.25, -0.2) is 0 Å². The Balaban J connectivity index is 2.04. The molecular weight excluding hydrogens is 302 g/mol. The van der Waals surface area contributed by atoms with E-state index in [2.05, 4.69) is 0 Å². The van der Waals surface area contributed by atoms with Crippen molar-refractivity contribution in [2.45, 2.75) is 45.8 Å². The maximum absolute atomic E-state index is 12.6. The van der Waals surface area contributed by atoms with Gasteiger partial charge in [-0.2, -0.15) is 0 Å². The largest absolute Gasteiger partial charge is 0.481 e. The molecule has 1 aromatic carbocycles. The van der Waals surface area contributed by atoms with E-state index >= 15 is 0 Å². The maximum Gasteiger partial charge on any atom is 0.263 e. The number of likely N-dealkylation sites (tertiary alicyclic amines) is 1. The Bertz CT molecular complexity index is 535. The number of aryl methyl sites for hydroxylation is 1. The lowest BCUT2D eigenvalue weighted by Crippen LogP contribution is -2.50. The number of hydrogen-bond acceptors (Lipinski definition) is 3. The van der Waals surface area contributed by atoms with Gasteiger partial charge in [-0.3, -0.25) is 4.79 Å². The zero-order valence-electron chi connectivity index (χ0n) is 13.4. The van der Waals surface area contributed by atoms with Crippen LogP contribution in [-0.4, -0.2) is 41.2 Å². The number of ether oxygens (including phenoxy) is 1. The smallest absolute Gasteiger partial charge is 0.263 e. The summed E-state index contributed by atoms with van der Waals surface area (Å²) in [7, 11) is 0. The van der Waals surface area contributed by atoms with Gasteiger partial charge in [0.15, 0.2) is 6.10 Å². The van der Waals surface area contributed by atoms with Gasteiger partial charge >= 0.3 is 0 Å². The van der Waals surface area contributed by atoms with Crippen LogP contribution in [-0.2, 0) is 4.79 Å². The predicted octanol–water partition coefficient (Wildman–Crippen LogP) is 3.04. The van der Waals surface area contributed by atoms with E-state index in [9.17, 15) is 9.90 Å². The van der Waals surface area contributed by atoms with E-state index in [-0.39, 0.29) is 24.5 Å². The zero-order chi connectivity index (χ0) is 16.3. The number of hydrogen-bond donors (Lipinski definition) is 1. The molecule has 2 rings (SSSR count). The molecule has 22 heavy (non-hydrogen) atoms. The summed E-state index contributed by atoms with van der Waals surface area (Å²) in [4.78, 5) is 14.5. The van der Waals surface area contributed by atoms with Crippen molar-refractivity contribution in [3.63, 3.8) is 0 Å². The van der Waals surface area contributed by atoms with E-state index < -0.39 is 6.10 Å². The third-order valence-corrected chi connectivity index (χ3v) is 4.54. The number of piperidine rings is 1. The lowest BCUT2D eigenvalue weighted by molar-refractivity contribution is -0.142. The van der Waals surface area contributed by atoms with Gasteiger partial charge in [0.05, 0.1) is 0 Å². The number of rotatable bonds is 4. The number of aliphatic hydroxyl groups is 1. The fourth-order valence-electron chi connectivity index (χ4n) is 2.86. The number of aliphatic hydroxyl groups excluding tert-OH is 1. The first-order valence-electron chi connectivity index (χ1n) is 7.76. The highest BCUT2D eigenvalue weighted by Crippen LogP contribution is 2.25. The molecule has 1 aliphatic heterocycles. The van der Waals surface area contributed by atoms with Gasteiger partial charge in [0, 0.05) is 24.2 Å². The van der Waals surface area contributed by atoms with Gasteiger partial charge < -0.3 is 14.7 Å². The second-order valence-electron chi connectivity index (χ2n) is 6.14. The Labute approximate surface area is 137 Å². The average molecular weight is 326 g/mol. The van der Waals surface area contributed by atoms with Crippen LogP contribution in [0.1, 0.15) is 32.3 Å². The molecule has 1 heterocycles. The molecule has 1 saturated heterocycles. The molecule has 122 valence electrons. The van der Waals surface area contributed by atoms with E-state index in [1.54, 1.807) is 19.1 Å². The van der Waals surface area contributed by atoms with E-state index in [1.165, 1.54) is 0 Å². The Hall–Kier alpha value is -1.26. The summed E-state index contributed by atoms with van der Waals surface area (Å²) in [5.41, 5.74) is 0.909. The van der Waals surface area contributed by atoms with Crippen LogP contribution < -0.4 is 4.74 Å². The van der Waals surface area contributed by atoms with Crippen LogP contribution in [0.15, 0.2) is 18.2 Å². The van der Waals surface area contributed by atoms with Gasteiger partial charge in [-0.05, 0) is 63.3 Å². The van der Waals surface area contributed by atoms with Gasteiger partial charge in [0.1, 0.15) is 5.75 Å². The number of nitrogens with zero attached hydrogens (tertiary/aromatic N) is 1. The Morgan fingerprint density at radius 2 is 2.23 bits per heavy atom. The number of carbonyl (C=O) groups excluding carboxylic acids is 1. The molecule has 1 aromatic rings. The van der Waals surface area contributed by atoms with Crippen molar-refractivity contribution in [1.82, 2.24) is 4.90 Å². The van der Waals surface area contributed by atoms with Crippen LogP contribution in [0.2, 0.25) is 5.02 Å². The fourth-order valence-corrected chi connectivity index (χ4v) is 3.08. The van der Waals surface area contributed by atoms with Crippen molar-refractivity contribution >= 4 is 17.5 Å². The van der Waals surface area contributed by atoms with E-state index in [0.717, 1.165) is 18.4 Å². The molecule has 0 saturated carbocycles. The first-order chi connectivity index (χ1) is 10.4. The summed E-state index contributed by atoms with van der Waals surface area (Å²) >= 11 is 5.93. The molecule has 3 unspecified atom stereocenters. The van der Waals surface area contributed by atoms with Gasteiger partial charge in [-0.15, -0.1) is 0 Å². The molecule has 0 aliphatic carbocycles. The van der Waals surface area contributed by atoms with Crippen molar-refractivity contribution in [3.05, 3.63) is 28.8 Å². The normalized spacial score (nSPS) is 23.2. The number of amides is 1. The standard InChI is InChI=1S/C17H24ClNO3/c1-11-8-15(18)6-7-16(11)22-13(3)17(21)19-9-14(10-20)5-4-12(19)2/h6-8,12-14,20H,4-5,9-10H2,1-3H3. The topological polar surface area (TPSA) is 49.8 Å². The fraction of sp³-hybridized carbons (Fsp3) is 0.588. The van der Waals surface area contributed by atoms with E-state index in [4.69, 9.17) is 16.3 Å². The molecule has 1 N–H and O–H groups in total. The Kier molecular flexibility index (Phi) is 5.70. The summed E-state index contributed by atoms with van der Waals surface area (Å²) in [6.45, 7) is 6.45. The van der Waals surface area contributed by atoms with Crippen LogP contribution in [0.25, 0.3) is 0 Å². The second-order valence-corrected chi connectivity index (χ2v) is 6.57. The maximum atomic E-state index is 12.6. The number of halogens is 1. The van der Waals surface area contributed by atoms with Crippen molar-refractivity contribution in [2.75, 3.05) is 13.2 Å². The SMILES string of the molecule is Cc1cc(Cl)ccc1OC(C)C(=O)N1CC(CO)CCC1C. The lowest BCUT2D eigenvalue weighted by Gasteiger charge is -2.38. The predicted molar refractivity (Wildman–Crippen MR) is 87.3 cm³/mol. The van der Waals surface area contributed by atoms with Crippen LogP contribution in [0.3, 0.4) is 0 Å². The third-order valence-electron chi connectivity index (χ3n) is 4.31. The molecule has 0 radical (unpaired) electrons. The molecule has 5 heteroatoms. The average Bonchev–Trinajstić information content (AvgIpc) is 2.49. The van der Waals surface area contributed by atoms with Crippen molar-refractivity contribution in [2.24, 2.45) is 5.92 Å². The van der Waals surface area contributed by atoms with Gasteiger partial charge in [-0.1, -0.05) is 11.6 Å². The number of benzene rings is 1. The first-order valence-corrected chi connectivity index (χ1v) is 8.14. The van der Waals surface area contributed by atoms with E-state index in [0.29, 0.717) is 17.3 Å². The zero-order valence-corrected chi connectivity index (χ0v) is 14.1. The van der Waals surface area contributed by atoms with Gasteiger partial charge in [0.25, 0.3) is 5.91 Å². The minimum absolute atomic E-state index is 0.0278. The Morgan fingerprint density at radius 3 is 2.86 bits per heavy atom. The van der Waals surface area contributed by atoms with Crippen LogP contribution in [0.5, 0.6) is 5.75 Å². The van der Waals surface area contributed by atoms with E-state index in [1.807, 2.05) is 24.8 Å². The molecular formula is C17H24ClNO3. The number of carbonyl (C=O) groups is 1. The molecule has 0 aromatic heterocycles. The quantitative estimate of drug-likeness (QED) is 0.925. The highest BCUT2D eigenvalue weighted by atomic mass is 35.5. The van der Waals surface area contributed by atoms with Crippen molar-refractivity contribution in [3.8, 4) is 5.75 Å². The second kappa shape index (κ2) is 7.34. The monoisotopic (exact) mass is 325 g/mol. The Morgan fingerprint density at radius 1 is 1.50 bits per heavy atom. The summed E-state index contributed by atoms with van der Waals surface area (Å²) < 4.78 is 5.82. The van der Waals surface area contributed by atoms with Crippen molar-refractivity contribution < 1.29 is 14.6 Å². The van der Waals surface area contributed by atoms with Crippen LogP contribution >= 0.6 is 11.6 Å². The minimum atomic E-state index is -0.556. The highest BCUT2D eigenvalue weighted by Gasteiger charge is 2.32. The molecule has 1 aliphatic rings. The van der Waals surface area contributed by atoms with Gasteiger partial charge in [0.2, 0.25) is 0 Å². The van der Waals surface area contributed by atoms with Crippen LogP contribution in [0.4, 0.5) is 0 Å². The van der Waals surface area contributed by atoms with Crippen molar-refractivity contribution in [1.29, 1.82) is 0 Å². The molecule has 0 bridgehead atoms. The minimum Gasteiger partial charge on any atom is -0.481 e.